The second kappa shape index (κ2) is 9.90. The summed E-state index contributed by atoms with van der Waals surface area (Å²) in [5.41, 5.74) is 2.40. The molecule has 0 amide bonds. The lowest BCUT2D eigenvalue weighted by atomic mass is 9.91. The summed E-state index contributed by atoms with van der Waals surface area (Å²) in [7, 11) is 0. The quantitative estimate of drug-likeness (QED) is 0.623. The molecule has 0 heterocycles. The Morgan fingerprint density at radius 2 is 1.76 bits per heavy atom. The van der Waals surface area contributed by atoms with E-state index < -0.39 is 5.60 Å². The first kappa shape index (κ1) is 22.0. The minimum atomic E-state index is -0.393. The van der Waals surface area contributed by atoms with Crippen LogP contribution in [0, 0.1) is 5.92 Å². The number of esters is 1. The van der Waals surface area contributed by atoms with Gasteiger partial charge in [0.1, 0.15) is 5.60 Å². The highest BCUT2D eigenvalue weighted by atomic mass is 16.6. The molecule has 2 atom stereocenters. The van der Waals surface area contributed by atoms with Crippen LogP contribution in [0.1, 0.15) is 71.8 Å². The van der Waals surface area contributed by atoms with Crippen molar-refractivity contribution in [3.63, 3.8) is 0 Å². The number of nitrogens with one attached hydrogen (secondary N) is 2. The largest absolute Gasteiger partial charge is 0.460 e. The third kappa shape index (κ3) is 7.60. The van der Waals surface area contributed by atoms with Crippen molar-refractivity contribution >= 4 is 12.0 Å². The molecule has 4 nitrogen and oxygen atoms in total. The second-order valence-electron chi connectivity index (χ2n) is 9.75. The first-order valence-corrected chi connectivity index (χ1v) is 11.2. The van der Waals surface area contributed by atoms with Gasteiger partial charge in [0, 0.05) is 24.7 Å². The molecule has 0 aliphatic heterocycles. The summed E-state index contributed by atoms with van der Waals surface area (Å²) in [4.78, 5) is 11.8. The molecule has 2 aliphatic rings. The average molecular weight is 399 g/mol. The standard InChI is InChI=1S/C25H38N2O2/c1-18(16-19-8-6-5-7-9-19)22-17-23(22)27-21-12-10-20(11-13-21)26-15-14-24(28)29-25(2,3)4/h5-9,16,20-23,26-27H,10-15,17H2,1-4H3/b18-16+. The third-order valence-electron chi connectivity index (χ3n) is 5.93. The zero-order chi connectivity index (χ0) is 20.9. The van der Waals surface area contributed by atoms with E-state index in [0.29, 0.717) is 37.0 Å². The fourth-order valence-corrected chi connectivity index (χ4v) is 4.34. The Morgan fingerprint density at radius 3 is 2.41 bits per heavy atom. The van der Waals surface area contributed by atoms with Gasteiger partial charge < -0.3 is 15.4 Å². The minimum absolute atomic E-state index is 0.112. The number of carbonyl (C=O) groups excluding carboxylic acids is 1. The van der Waals surface area contributed by atoms with Gasteiger partial charge in [0.15, 0.2) is 0 Å². The van der Waals surface area contributed by atoms with Gasteiger partial charge in [-0.15, -0.1) is 0 Å². The summed E-state index contributed by atoms with van der Waals surface area (Å²) in [5.74, 6) is 0.582. The predicted molar refractivity (Wildman–Crippen MR) is 120 cm³/mol. The fourth-order valence-electron chi connectivity index (χ4n) is 4.34. The van der Waals surface area contributed by atoms with Gasteiger partial charge in [0.2, 0.25) is 0 Å². The van der Waals surface area contributed by atoms with Gasteiger partial charge in [0.25, 0.3) is 0 Å². The summed E-state index contributed by atoms with van der Waals surface area (Å²) in [5, 5.41) is 7.43. The smallest absolute Gasteiger partial charge is 0.307 e. The van der Waals surface area contributed by atoms with E-state index in [1.54, 1.807) is 0 Å². The molecule has 2 fully saturated rings. The molecule has 2 saturated carbocycles. The molecule has 2 unspecified atom stereocenters. The molecule has 160 valence electrons. The second-order valence-corrected chi connectivity index (χ2v) is 9.75. The number of benzene rings is 1. The summed E-state index contributed by atoms with van der Waals surface area (Å²) >= 11 is 0. The van der Waals surface area contributed by atoms with Crippen molar-refractivity contribution in [3.05, 3.63) is 41.5 Å². The highest BCUT2D eigenvalue weighted by molar-refractivity contribution is 5.70. The van der Waals surface area contributed by atoms with Gasteiger partial charge in [-0.2, -0.15) is 0 Å². The lowest BCUT2D eigenvalue weighted by molar-refractivity contribution is -0.154. The summed E-state index contributed by atoms with van der Waals surface area (Å²) < 4.78 is 5.37. The van der Waals surface area contributed by atoms with Crippen molar-refractivity contribution in [1.29, 1.82) is 0 Å². The average Bonchev–Trinajstić information content (AvgIpc) is 3.42. The van der Waals surface area contributed by atoms with Crippen molar-refractivity contribution < 1.29 is 9.53 Å². The van der Waals surface area contributed by atoms with E-state index in [0.717, 1.165) is 0 Å². The monoisotopic (exact) mass is 398 g/mol. The number of ether oxygens (including phenoxy) is 1. The lowest BCUT2D eigenvalue weighted by Gasteiger charge is -2.30. The van der Waals surface area contributed by atoms with E-state index in [1.165, 1.54) is 43.2 Å². The molecule has 1 aromatic carbocycles. The molecular formula is C25H38N2O2. The lowest BCUT2D eigenvalue weighted by Crippen LogP contribution is -2.41. The molecule has 0 radical (unpaired) electrons. The Kier molecular flexibility index (Phi) is 7.53. The van der Waals surface area contributed by atoms with E-state index in [2.05, 4.69) is 54.0 Å². The Balaban J connectivity index is 1.31. The zero-order valence-electron chi connectivity index (χ0n) is 18.5. The normalized spacial score (nSPS) is 27.5. The molecule has 0 saturated heterocycles. The van der Waals surface area contributed by atoms with Crippen LogP contribution in [0.5, 0.6) is 0 Å². The van der Waals surface area contributed by atoms with Crippen molar-refractivity contribution in [3.8, 4) is 0 Å². The maximum Gasteiger partial charge on any atom is 0.307 e. The summed E-state index contributed by atoms with van der Waals surface area (Å²) in [6.07, 6.45) is 8.85. The zero-order valence-corrected chi connectivity index (χ0v) is 18.5. The van der Waals surface area contributed by atoms with Crippen LogP contribution in [0.15, 0.2) is 35.9 Å². The number of hydrogen-bond acceptors (Lipinski definition) is 4. The topological polar surface area (TPSA) is 50.4 Å². The van der Waals surface area contributed by atoms with Gasteiger partial charge in [-0.3, -0.25) is 4.79 Å². The van der Waals surface area contributed by atoms with Crippen LogP contribution in [0.25, 0.3) is 6.08 Å². The number of hydrogen-bond donors (Lipinski definition) is 2. The van der Waals surface area contributed by atoms with Crippen molar-refractivity contribution in [2.75, 3.05) is 6.54 Å². The molecule has 0 bridgehead atoms. The summed E-state index contributed by atoms with van der Waals surface area (Å²) in [6.45, 7) is 8.72. The minimum Gasteiger partial charge on any atom is -0.460 e. The van der Waals surface area contributed by atoms with E-state index in [1.807, 2.05) is 20.8 Å². The van der Waals surface area contributed by atoms with Crippen LogP contribution in [-0.2, 0) is 9.53 Å². The van der Waals surface area contributed by atoms with Crippen LogP contribution in [0.3, 0.4) is 0 Å². The molecular weight excluding hydrogens is 360 g/mol. The molecule has 0 spiro atoms. The number of rotatable bonds is 8. The van der Waals surface area contributed by atoms with Crippen LogP contribution in [-0.4, -0.2) is 36.2 Å². The van der Waals surface area contributed by atoms with E-state index in [-0.39, 0.29) is 5.97 Å². The third-order valence-corrected chi connectivity index (χ3v) is 5.93. The maximum absolute atomic E-state index is 11.8. The predicted octanol–water partition coefficient (Wildman–Crippen LogP) is 4.70. The SMILES string of the molecule is C/C(=C\c1ccccc1)C1CC1NC1CCC(NCCC(=O)OC(C)(C)C)CC1. The van der Waals surface area contributed by atoms with Crippen molar-refractivity contribution in [2.45, 2.75) is 89.9 Å². The van der Waals surface area contributed by atoms with Crippen LogP contribution in [0.4, 0.5) is 0 Å². The van der Waals surface area contributed by atoms with Crippen LogP contribution in [0.2, 0.25) is 0 Å². The van der Waals surface area contributed by atoms with Crippen molar-refractivity contribution in [2.24, 2.45) is 5.92 Å². The first-order chi connectivity index (χ1) is 13.8. The fraction of sp³-hybridized carbons (Fsp3) is 0.640. The van der Waals surface area contributed by atoms with Crippen LogP contribution >= 0.6 is 0 Å². The van der Waals surface area contributed by atoms with Crippen molar-refractivity contribution in [1.82, 2.24) is 10.6 Å². The highest BCUT2D eigenvalue weighted by Crippen LogP contribution is 2.39. The first-order valence-electron chi connectivity index (χ1n) is 11.2. The Labute approximate surface area is 176 Å². The Bertz CT molecular complexity index is 685. The molecule has 29 heavy (non-hydrogen) atoms. The molecule has 3 rings (SSSR count). The van der Waals surface area contributed by atoms with Gasteiger partial charge in [-0.25, -0.2) is 0 Å². The molecule has 1 aromatic rings. The van der Waals surface area contributed by atoms with E-state index in [9.17, 15) is 4.79 Å². The molecule has 0 aromatic heterocycles. The van der Waals surface area contributed by atoms with Gasteiger partial charge in [-0.05, 0) is 71.3 Å². The van der Waals surface area contributed by atoms with Gasteiger partial charge >= 0.3 is 5.97 Å². The van der Waals surface area contributed by atoms with Crippen LogP contribution < -0.4 is 10.6 Å². The molecule has 4 heteroatoms. The summed E-state index contributed by atoms with van der Waals surface area (Å²) in [6, 6.07) is 12.4. The van der Waals surface area contributed by atoms with Gasteiger partial charge in [-0.1, -0.05) is 42.0 Å². The highest BCUT2D eigenvalue weighted by Gasteiger charge is 2.39. The van der Waals surface area contributed by atoms with Gasteiger partial charge in [0.05, 0.1) is 6.42 Å². The van der Waals surface area contributed by atoms with E-state index >= 15 is 0 Å². The molecule has 2 aliphatic carbocycles. The maximum atomic E-state index is 11.8. The Hall–Kier alpha value is -1.65. The number of carbonyl (C=O) groups is 1. The van der Waals surface area contributed by atoms with E-state index in [4.69, 9.17) is 4.74 Å². The molecule has 2 N–H and O–H groups in total. The Morgan fingerprint density at radius 1 is 1.10 bits per heavy atom.